The number of nitrogens with two attached hydrogens (primary N) is 1. The molecule has 1 aliphatic rings. The van der Waals surface area contributed by atoms with Crippen LogP contribution >= 0.6 is 11.3 Å². The SMILES string of the molecule is COC1CCCN(Cc2ccc3nc(N)sc3c2)C1. The van der Waals surface area contributed by atoms with Crippen LogP contribution in [0.3, 0.4) is 0 Å². The first kappa shape index (κ1) is 12.8. The van der Waals surface area contributed by atoms with Crippen LogP contribution in [0.2, 0.25) is 0 Å². The Morgan fingerprint density at radius 2 is 2.42 bits per heavy atom. The second-order valence-electron chi connectivity index (χ2n) is 5.09. The van der Waals surface area contributed by atoms with Gasteiger partial charge in [-0.25, -0.2) is 4.98 Å². The van der Waals surface area contributed by atoms with E-state index < -0.39 is 0 Å². The van der Waals surface area contributed by atoms with Crippen LogP contribution < -0.4 is 5.73 Å². The molecule has 2 heterocycles. The molecule has 1 aromatic heterocycles. The Morgan fingerprint density at radius 1 is 1.53 bits per heavy atom. The van der Waals surface area contributed by atoms with Crippen LogP contribution in [0.1, 0.15) is 18.4 Å². The summed E-state index contributed by atoms with van der Waals surface area (Å²) in [5.41, 5.74) is 8.07. The summed E-state index contributed by atoms with van der Waals surface area (Å²) < 4.78 is 6.64. The van der Waals surface area contributed by atoms with E-state index in [-0.39, 0.29) is 0 Å². The van der Waals surface area contributed by atoms with E-state index in [4.69, 9.17) is 10.5 Å². The van der Waals surface area contributed by atoms with Gasteiger partial charge in [-0.1, -0.05) is 17.4 Å². The second kappa shape index (κ2) is 5.45. The van der Waals surface area contributed by atoms with Crippen LogP contribution in [0.4, 0.5) is 5.13 Å². The highest BCUT2D eigenvalue weighted by molar-refractivity contribution is 7.22. The normalized spacial score (nSPS) is 21.0. The maximum atomic E-state index is 5.74. The molecule has 2 N–H and O–H groups in total. The molecule has 1 aliphatic heterocycles. The van der Waals surface area contributed by atoms with Crippen molar-refractivity contribution in [2.24, 2.45) is 0 Å². The highest BCUT2D eigenvalue weighted by Crippen LogP contribution is 2.25. The zero-order chi connectivity index (χ0) is 13.2. The first-order valence-corrected chi connectivity index (χ1v) is 7.46. The van der Waals surface area contributed by atoms with Gasteiger partial charge in [0.05, 0.1) is 16.3 Å². The molecule has 4 nitrogen and oxygen atoms in total. The molecule has 1 atom stereocenters. The fourth-order valence-corrected chi connectivity index (χ4v) is 3.49. The maximum absolute atomic E-state index is 5.74. The summed E-state index contributed by atoms with van der Waals surface area (Å²) in [6.45, 7) is 3.16. The molecule has 0 spiro atoms. The van der Waals surface area contributed by atoms with Gasteiger partial charge in [-0.2, -0.15) is 0 Å². The van der Waals surface area contributed by atoms with Gasteiger partial charge >= 0.3 is 0 Å². The minimum absolute atomic E-state index is 0.386. The molecule has 2 aromatic rings. The molecule has 1 saturated heterocycles. The number of methoxy groups -OCH3 is 1. The molecule has 1 unspecified atom stereocenters. The number of likely N-dealkylation sites (tertiary alicyclic amines) is 1. The Kier molecular flexibility index (Phi) is 3.68. The predicted octanol–water partition coefficient (Wildman–Crippen LogP) is 2.49. The zero-order valence-corrected chi connectivity index (χ0v) is 11.9. The quantitative estimate of drug-likeness (QED) is 0.936. The van der Waals surface area contributed by atoms with Gasteiger partial charge in [-0.15, -0.1) is 0 Å². The molecule has 0 aliphatic carbocycles. The monoisotopic (exact) mass is 277 g/mol. The Morgan fingerprint density at radius 3 is 3.26 bits per heavy atom. The minimum atomic E-state index is 0.386. The van der Waals surface area contributed by atoms with Crippen LogP contribution in [-0.2, 0) is 11.3 Å². The average molecular weight is 277 g/mol. The first-order chi connectivity index (χ1) is 9.24. The van der Waals surface area contributed by atoms with E-state index in [1.165, 1.54) is 23.1 Å². The number of rotatable bonds is 3. The Bertz CT molecular complexity index is 569. The number of nitrogens with zero attached hydrogens (tertiary/aromatic N) is 2. The van der Waals surface area contributed by atoms with E-state index in [0.29, 0.717) is 11.2 Å². The van der Waals surface area contributed by atoms with Gasteiger partial charge in [0.15, 0.2) is 5.13 Å². The Labute approximate surface area is 117 Å². The minimum Gasteiger partial charge on any atom is -0.380 e. The number of ether oxygens (including phenoxy) is 1. The number of nitrogen functional groups attached to an aromatic ring is 1. The lowest BCUT2D eigenvalue weighted by Crippen LogP contribution is -2.38. The fourth-order valence-electron chi connectivity index (χ4n) is 2.69. The van der Waals surface area contributed by atoms with Crippen LogP contribution in [0.5, 0.6) is 0 Å². The number of hydrogen-bond donors (Lipinski definition) is 1. The molecule has 0 saturated carbocycles. The summed E-state index contributed by atoms with van der Waals surface area (Å²) in [5.74, 6) is 0. The van der Waals surface area contributed by atoms with Crippen molar-refractivity contribution in [3.05, 3.63) is 23.8 Å². The smallest absolute Gasteiger partial charge is 0.181 e. The molecule has 0 bridgehead atoms. The summed E-state index contributed by atoms with van der Waals surface area (Å²) in [5, 5.41) is 0.643. The van der Waals surface area contributed by atoms with Crippen molar-refractivity contribution in [1.29, 1.82) is 0 Å². The van der Waals surface area contributed by atoms with E-state index in [1.807, 2.05) is 0 Å². The maximum Gasteiger partial charge on any atom is 0.181 e. The van der Waals surface area contributed by atoms with E-state index in [2.05, 4.69) is 28.1 Å². The summed E-state index contributed by atoms with van der Waals surface area (Å²) in [6.07, 6.45) is 2.78. The highest BCUT2D eigenvalue weighted by Gasteiger charge is 2.19. The van der Waals surface area contributed by atoms with E-state index in [0.717, 1.165) is 25.2 Å². The van der Waals surface area contributed by atoms with Crippen LogP contribution in [0.15, 0.2) is 18.2 Å². The average Bonchev–Trinajstić information content (AvgIpc) is 2.78. The van der Waals surface area contributed by atoms with Gasteiger partial charge in [0.1, 0.15) is 0 Å². The number of thiazole rings is 1. The fraction of sp³-hybridized carbons (Fsp3) is 0.500. The van der Waals surface area contributed by atoms with Crippen molar-refractivity contribution in [2.45, 2.75) is 25.5 Å². The Hall–Kier alpha value is -1.17. The molecule has 3 rings (SSSR count). The third-order valence-corrected chi connectivity index (χ3v) is 4.52. The van der Waals surface area contributed by atoms with E-state index >= 15 is 0 Å². The lowest BCUT2D eigenvalue weighted by Gasteiger charge is -2.31. The molecular weight excluding hydrogens is 258 g/mol. The van der Waals surface area contributed by atoms with Crippen LogP contribution in [0, 0.1) is 0 Å². The third kappa shape index (κ3) is 2.88. The number of anilines is 1. The lowest BCUT2D eigenvalue weighted by atomic mass is 10.1. The lowest BCUT2D eigenvalue weighted by molar-refractivity contribution is 0.0286. The third-order valence-electron chi connectivity index (χ3n) is 3.67. The summed E-state index contributed by atoms with van der Waals surface area (Å²) in [4.78, 5) is 6.75. The molecule has 0 amide bonds. The largest absolute Gasteiger partial charge is 0.380 e. The summed E-state index contributed by atoms with van der Waals surface area (Å²) in [7, 11) is 1.81. The second-order valence-corrected chi connectivity index (χ2v) is 6.15. The van der Waals surface area contributed by atoms with Crippen molar-refractivity contribution in [1.82, 2.24) is 9.88 Å². The predicted molar refractivity (Wildman–Crippen MR) is 79.3 cm³/mol. The van der Waals surface area contributed by atoms with Crippen molar-refractivity contribution in [2.75, 3.05) is 25.9 Å². The molecule has 1 fully saturated rings. The van der Waals surface area contributed by atoms with Gasteiger partial charge < -0.3 is 10.5 Å². The standard InChI is InChI=1S/C14H19N3OS/c1-18-11-3-2-6-17(9-11)8-10-4-5-12-13(7-10)19-14(15)16-12/h4-5,7,11H,2-3,6,8-9H2,1H3,(H2,15,16). The van der Waals surface area contributed by atoms with Gasteiger partial charge in [-0.05, 0) is 37.1 Å². The molecule has 5 heteroatoms. The highest BCUT2D eigenvalue weighted by atomic mass is 32.1. The van der Waals surface area contributed by atoms with Crippen molar-refractivity contribution in [3.8, 4) is 0 Å². The van der Waals surface area contributed by atoms with Crippen molar-refractivity contribution < 1.29 is 4.74 Å². The molecular formula is C14H19N3OS. The van der Waals surface area contributed by atoms with Gasteiger partial charge in [0.25, 0.3) is 0 Å². The zero-order valence-electron chi connectivity index (χ0n) is 11.1. The molecule has 102 valence electrons. The van der Waals surface area contributed by atoms with Crippen molar-refractivity contribution in [3.63, 3.8) is 0 Å². The Balaban J connectivity index is 1.73. The van der Waals surface area contributed by atoms with Crippen LogP contribution in [0.25, 0.3) is 10.2 Å². The van der Waals surface area contributed by atoms with Crippen molar-refractivity contribution >= 4 is 26.7 Å². The van der Waals surface area contributed by atoms with Gasteiger partial charge in [0.2, 0.25) is 0 Å². The van der Waals surface area contributed by atoms with E-state index in [1.54, 1.807) is 18.4 Å². The molecule has 1 aromatic carbocycles. The number of hydrogen-bond acceptors (Lipinski definition) is 5. The first-order valence-electron chi connectivity index (χ1n) is 6.64. The number of benzene rings is 1. The molecule has 19 heavy (non-hydrogen) atoms. The number of piperidine rings is 1. The van der Waals surface area contributed by atoms with Crippen LogP contribution in [-0.4, -0.2) is 36.2 Å². The topological polar surface area (TPSA) is 51.4 Å². The summed E-state index contributed by atoms with van der Waals surface area (Å²) in [6, 6.07) is 6.42. The number of aromatic nitrogens is 1. The summed E-state index contributed by atoms with van der Waals surface area (Å²) >= 11 is 1.56. The van der Waals surface area contributed by atoms with E-state index in [9.17, 15) is 0 Å². The van der Waals surface area contributed by atoms with Gasteiger partial charge in [-0.3, -0.25) is 4.90 Å². The van der Waals surface area contributed by atoms with Gasteiger partial charge in [0, 0.05) is 20.2 Å². The number of fused-ring (bicyclic) bond motifs is 1. The molecule has 0 radical (unpaired) electrons.